The lowest BCUT2D eigenvalue weighted by molar-refractivity contribution is 0.506. The lowest BCUT2D eigenvalue weighted by Gasteiger charge is -2.15. The van der Waals surface area contributed by atoms with E-state index in [0.29, 0.717) is 12.8 Å². The van der Waals surface area contributed by atoms with Crippen molar-refractivity contribution in [1.29, 1.82) is 0 Å². The van der Waals surface area contributed by atoms with Gasteiger partial charge in [-0.3, -0.25) is 11.3 Å². The maximum Gasteiger partial charge on any atom is 0.147 e. The van der Waals surface area contributed by atoms with Gasteiger partial charge in [0.05, 0.1) is 5.75 Å². The molecule has 0 spiro atoms. The molecule has 0 fully saturated rings. The first-order valence-electron chi connectivity index (χ1n) is 5.29. The van der Waals surface area contributed by atoms with Gasteiger partial charge in [0.1, 0.15) is 9.84 Å². The number of nitrogens with two attached hydrogens (primary N) is 1. The minimum Gasteiger partial charge on any atom is -0.271 e. The van der Waals surface area contributed by atoms with Crippen LogP contribution in [0.1, 0.15) is 12.0 Å². The molecule has 1 aromatic rings. The van der Waals surface area contributed by atoms with E-state index in [2.05, 4.69) is 21.4 Å². The molecule has 0 aliphatic carbocycles. The average molecular weight is 321 g/mol. The van der Waals surface area contributed by atoms with E-state index in [0.717, 1.165) is 10.0 Å². The number of halogens is 1. The van der Waals surface area contributed by atoms with E-state index in [1.807, 2.05) is 24.3 Å². The molecular formula is C11H17BrN2O2S. The number of hydrazine groups is 1. The molecule has 1 rings (SSSR count). The standard InChI is InChI=1S/C11H17BrN2O2S/c1-17(15,16)6-5-11(14-13)8-9-3-2-4-10(12)7-9/h2-4,7,11,14H,5-6,8,13H2,1H3. The molecule has 4 nitrogen and oxygen atoms in total. The summed E-state index contributed by atoms with van der Waals surface area (Å²) in [6.45, 7) is 0. The van der Waals surface area contributed by atoms with E-state index in [1.165, 1.54) is 6.26 Å². The number of nitrogens with one attached hydrogen (secondary N) is 1. The Bertz CT molecular complexity index is 462. The second-order valence-corrected chi connectivity index (χ2v) is 7.29. The van der Waals surface area contributed by atoms with Crippen molar-refractivity contribution in [3.05, 3.63) is 34.3 Å². The van der Waals surface area contributed by atoms with Crippen molar-refractivity contribution >= 4 is 25.8 Å². The molecule has 0 aromatic heterocycles. The summed E-state index contributed by atoms with van der Waals surface area (Å²) in [6, 6.07) is 7.87. The number of hydrogen-bond donors (Lipinski definition) is 2. The molecule has 1 aromatic carbocycles. The Labute approximate surface area is 111 Å². The largest absolute Gasteiger partial charge is 0.271 e. The van der Waals surface area contributed by atoms with Gasteiger partial charge in [-0.05, 0) is 30.5 Å². The lowest BCUT2D eigenvalue weighted by Crippen LogP contribution is -2.38. The zero-order valence-electron chi connectivity index (χ0n) is 9.69. The molecule has 1 atom stereocenters. The molecule has 6 heteroatoms. The summed E-state index contributed by atoms with van der Waals surface area (Å²) in [5.74, 6) is 5.58. The zero-order valence-corrected chi connectivity index (χ0v) is 12.1. The molecule has 0 aliphatic rings. The predicted molar refractivity (Wildman–Crippen MR) is 73.3 cm³/mol. The fourth-order valence-electron chi connectivity index (χ4n) is 1.55. The first-order valence-corrected chi connectivity index (χ1v) is 8.14. The second kappa shape index (κ2) is 6.49. The maximum atomic E-state index is 11.1. The molecule has 17 heavy (non-hydrogen) atoms. The third-order valence-electron chi connectivity index (χ3n) is 2.44. The Morgan fingerprint density at radius 1 is 1.47 bits per heavy atom. The Morgan fingerprint density at radius 3 is 2.71 bits per heavy atom. The van der Waals surface area contributed by atoms with Gasteiger partial charge in [-0.15, -0.1) is 0 Å². The van der Waals surface area contributed by atoms with Crippen molar-refractivity contribution < 1.29 is 8.42 Å². The zero-order chi connectivity index (χ0) is 12.9. The number of hydrogen-bond acceptors (Lipinski definition) is 4. The summed E-state index contributed by atoms with van der Waals surface area (Å²) in [7, 11) is -2.93. The fraction of sp³-hybridized carbons (Fsp3) is 0.455. The molecule has 0 bridgehead atoms. The fourth-order valence-corrected chi connectivity index (χ4v) is 2.71. The summed E-state index contributed by atoms with van der Waals surface area (Å²) >= 11 is 3.40. The monoisotopic (exact) mass is 320 g/mol. The van der Waals surface area contributed by atoms with Crippen LogP contribution in [0.25, 0.3) is 0 Å². The van der Waals surface area contributed by atoms with Crippen molar-refractivity contribution in [2.75, 3.05) is 12.0 Å². The molecule has 0 radical (unpaired) electrons. The van der Waals surface area contributed by atoms with Crippen molar-refractivity contribution in [2.24, 2.45) is 5.84 Å². The van der Waals surface area contributed by atoms with E-state index in [1.54, 1.807) is 0 Å². The van der Waals surface area contributed by atoms with Gasteiger partial charge in [-0.25, -0.2) is 8.42 Å². The Kier molecular flexibility index (Phi) is 5.58. The van der Waals surface area contributed by atoms with Gasteiger partial charge in [0.15, 0.2) is 0 Å². The van der Waals surface area contributed by atoms with E-state index >= 15 is 0 Å². The molecule has 96 valence electrons. The Balaban J connectivity index is 2.58. The molecule has 0 heterocycles. The minimum absolute atomic E-state index is 0.0287. The van der Waals surface area contributed by atoms with E-state index in [9.17, 15) is 8.42 Å². The van der Waals surface area contributed by atoms with Gasteiger partial charge in [0, 0.05) is 16.8 Å². The molecule has 3 N–H and O–H groups in total. The summed E-state index contributed by atoms with van der Waals surface area (Å²) in [5.41, 5.74) is 3.78. The van der Waals surface area contributed by atoms with Gasteiger partial charge in [-0.1, -0.05) is 28.1 Å². The van der Waals surface area contributed by atoms with Crippen molar-refractivity contribution in [3.8, 4) is 0 Å². The number of sulfone groups is 1. The highest BCUT2D eigenvalue weighted by Gasteiger charge is 2.11. The minimum atomic E-state index is -2.93. The van der Waals surface area contributed by atoms with E-state index in [4.69, 9.17) is 5.84 Å². The first kappa shape index (κ1) is 14.6. The molecule has 0 saturated heterocycles. The normalized spacial score (nSPS) is 13.6. The van der Waals surface area contributed by atoms with Crippen LogP contribution in [0.15, 0.2) is 28.7 Å². The number of benzene rings is 1. The third-order valence-corrected chi connectivity index (χ3v) is 3.91. The van der Waals surface area contributed by atoms with Crippen LogP contribution in [0.2, 0.25) is 0 Å². The van der Waals surface area contributed by atoms with Gasteiger partial charge < -0.3 is 0 Å². The highest BCUT2D eigenvalue weighted by Crippen LogP contribution is 2.14. The van der Waals surface area contributed by atoms with Crippen LogP contribution in [0.3, 0.4) is 0 Å². The van der Waals surface area contributed by atoms with Gasteiger partial charge in [0.25, 0.3) is 0 Å². The summed E-state index contributed by atoms with van der Waals surface area (Å²) in [5, 5.41) is 0. The second-order valence-electron chi connectivity index (χ2n) is 4.12. The first-order chi connectivity index (χ1) is 7.90. The van der Waals surface area contributed by atoms with Crippen LogP contribution >= 0.6 is 15.9 Å². The Morgan fingerprint density at radius 2 is 2.18 bits per heavy atom. The maximum absolute atomic E-state index is 11.1. The summed E-state index contributed by atoms with van der Waals surface area (Å²) in [4.78, 5) is 0. The molecule has 0 amide bonds. The lowest BCUT2D eigenvalue weighted by atomic mass is 10.0. The van der Waals surface area contributed by atoms with E-state index in [-0.39, 0.29) is 11.8 Å². The molecule has 0 saturated carbocycles. The predicted octanol–water partition coefficient (Wildman–Crippen LogP) is 1.26. The van der Waals surface area contributed by atoms with Crippen LogP contribution in [0.4, 0.5) is 0 Å². The van der Waals surface area contributed by atoms with E-state index < -0.39 is 9.84 Å². The Hall–Kier alpha value is -0.430. The van der Waals surface area contributed by atoms with Crippen molar-refractivity contribution in [2.45, 2.75) is 18.9 Å². The molecule has 0 aliphatic heterocycles. The van der Waals surface area contributed by atoms with Crippen LogP contribution in [0.5, 0.6) is 0 Å². The molecule has 1 unspecified atom stereocenters. The topological polar surface area (TPSA) is 72.2 Å². The van der Waals surface area contributed by atoms with Crippen LogP contribution < -0.4 is 11.3 Å². The average Bonchev–Trinajstić information content (AvgIpc) is 2.23. The van der Waals surface area contributed by atoms with Crippen molar-refractivity contribution in [1.82, 2.24) is 5.43 Å². The van der Waals surface area contributed by atoms with Crippen LogP contribution in [-0.2, 0) is 16.3 Å². The number of rotatable bonds is 6. The molecular weight excluding hydrogens is 304 g/mol. The smallest absolute Gasteiger partial charge is 0.147 e. The summed E-state index contributed by atoms with van der Waals surface area (Å²) < 4.78 is 23.2. The summed E-state index contributed by atoms with van der Waals surface area (Å²) in [6.07, 6.45) is 2.47. The van der Waals surface area contributed by atoms with Crippen LogP contribution in [-0.4, -0.2) is 26.5 Å². The SMILES string of the molecule is CS(=O)(=O)CCC(Cc1cccc(Br)c1)NN. The third kappa shape index (κ3) is 6.16. The van der Waals surface area contributed by atoms with Crippen LogP contribution in [0, 0.1) is 0 Å². The highest BCUT2D eigenvalue weighted by molar-refractivity contribution is 9.10. The van der Waals surface area contributed by atoms with Crippen molar-refractivity contribution in [3.63, 3.8) is 0 Å². The van der Waals surface area contributed by atoms with Gasteiger partial charge >= 0.3 is 0 Å². The van der Waals surface area contributed by atoms with Gasteiger partial charge in [-0.2, -0.15) is 0 Å². The van der Waals surface area contributed by atoms with Gasteiger partial charge in [0.2, 0.25) is 0 Å². The highest BCUT2D eigenvalue weighted by atomic mass is 79.9. The quantitative estimate of drug-likeness (QED) is 0.611.